The van der Waals surface area contributed by atoms with Crippen LogP contribution in [0.4, 0.5) is 5.13 Å². The minimum atomic E-state index is -1.00. The van der Waals surface area contributed by atoms with Gasteiger partial charge in [-0.1, -0.05) is 82.1 Å². The molecule has 352 valence electrons. The molecule has 12 nitrogen and oxygen atoms in total. The Kier molecular flexibility index (Phi) is 20.6. The van der Waals surface area contributed by atoms with E-state index in [1.54, 1.807) is 35.6 Å². The maximum atomic E-state index is 13.8. The molecule has 3 aromatic carbocycles. The van der Waals surface area contributed by atoms with Crippen molar-refractivity contribution in [3.05, 3.63) is 90.5 Å². The molecule has 0 amide bonds. The van der Waals surface area contributed by atoms with E-state index >= 15 is 0 Å². The van der Waals surface area contributed by atoms with Gasteiger partial charge in [0.05, 0.1) is 48.8 Å². The molecule has 1 atom stereocenters. The summed E-state index contributed by atoms with van der Waals surface area (Å²) in [5.74, 6) is 1.88. The number of carbonyl (C=O) groups excluding carboxylic acids is 2. The van der Waals surface area contributed by atoms with Crippen molar-refractivity contribution >= 4 is 44.8 Å². The van der Waals surface area contributed by atoms with Crippen LogP contribution in [-0.2, 0) is 23.8 Å². The first kappa shape index (κ1) is 49.6. The zero-order chi connectivity index (χ0) is 45.6. The van der Waals surface area contributed by atoms with Gasteiger partial charge in [-0.15, -0.1) is 0 Å². The van der Waals surface area contributed by atoms with Crippen LogP contribution in [0.15, 0.2) is 84.5 Å². The van der Waals surface area contributed by atoms with Gasteiger partial charge < -0.3 is 33.5 Å². The van der Waals surface area contributed by atoms with Crippen LogP contribution < -0.4 is 19.2 Å². The Morgan fingerprint density at radius 2 is 1.57 bits per heavy atom. The third-order valence-electron chi connectivity index (χ3n) is 12.4. The average molecular weight is 912 g/mol. The van der Waals surface area contributed by atoms with Gasteiger partial charge in [0.2, 0.25) is 5.13 Å². The lowest BCUT2D eigenvalue weighted by molar-refractivity contribution is -0.142. The van der Waals surface area contributed by atoms with Crippen molar-refractivity contribution < 1.29 is 43.1 Å². The number of para-hydroxylation sites is 1. The molecule has 1 heterocycles. The summed E-state index contributed by atoms with van der Waals surface area (Å²) in [4.78, 5) is 29.8. The number of hydrazone groups is 1. The van der Waals surface area contributed by atoms with Crippen molar-refractivity contribution in [2.45, 2.75) is 116 Å². The molecule has 1 unspecified atom stereocenters. The van der Waals surface area contributed by atoms with E-state index in [-0.39, 0.29) is 31.0 Å². The number of fused-ring (bicyclic) bond motifs is 1. The van der Waals surface area contributed by atoms with Crippen LogP contribution in [0.2, 0.25) is 0 Å². The number of ether oxygens (including phenoxy) is 6. The van der Waals surface area contributed by atoms with Gasteiger partial charge in [0.1, 0.15) is 30.5 Å². The van der Waals surface area contributed by atoms with Crippen molar-refractivity contribution in [2.75, 3.05) is 51.2 Å². The van der Waals surface area contributed by atoms with Crippen LogP contribution in [0.1, 0.15) is 121 Å². The maximum Gasteiger partial charge on any atom is 0.330 e. The summed E-state index contributed by atoms with van der Waals surface area (Å²) in [5, 5.41) is 19.0. The Hall–Kier alpha value is -4.82. The molecule has 2 aliphatic carbocycles. The molecule has 2 saturated carbocycles. The van der Waals surface area contributed by atoms with Crippen molar-refractivity contribution in [1.29, 1.82) is 0 Å². The summed E-state index contributed by atoms with van der Waals surface area (Å²) in [6, 6.07) is 21.6. The third kappa shape index (κ3) is 15.9. The summed E-state index contributed by atoms with van der Waals surface area (Å²) in [5.41, 5.74) is 3.05. The normalized spacial score (nSPS) is 19.2. The molecule has 1 N–H and O–H groups in total. The second kappa shape index (κ2) is 27.0. The van der Waals surface area contributed by atoms with Crippen LogP contribution in [0.5, 0.6) is 17.2 Å². The first-order chi connectivity index (χ1) is 31.8. The second-order valence-electron chi connectivity index (χ2n) is 17.2. The fourth-order valence-electron chi connectivity index (χ4n) is 8.68. The van der Waals surface area contributed by atoms with Crippen molar-refractivity contribution in [2.24, 2.45) is 22.9 Å². The molecule has 1 aromatic heterocycles. The molecule has 6 rings (SSSR count). The first-order valence-corrected chi connectivity index (χ1v) is 24.7. The number of aromatic nitrogens is 1. The van der Waals surface area contributed by atoms with E-state index < -0.39 is 12.3 Å². The van der Waals surface area contributed by atoms with Crippen LogP contribution in [0, 0.1) is 17.8 Å². The molecule has 0 spiro atoms. The van der Waals surface area contributed by atoms with Gasteiger partial charge in [-0.05, 0) is 124 Å². The minimum Gasteiger partial charge on any atom is -0.491 e. The van der Waals surface area contributed by atoms with Gasteiger partial charge in [-0.2, -0.15) is 5.10 Å². The molecular weight excluding hydrogens is 843 g/mol. The van der Waals surface area contributed by atoms with E-state index in [9.17, 15) is 14.7 Å². The lowest BCUT2D eigenvalue weighted by atomic mass is 9.77. The van der Waals surface area contributed by atoms with Gasteiger partial charge in [-0.3, -0.25) is 4.79 Å². The van der Waals surface area contributed by atoms with Gasteiger partial charge in [0.15, 0.2) is 6.29 Å². The number of hydrogen-bond donors (Lipinski definition) is 1. The Labute approximate surface area is 389 Å². The van der Waals surface area contributed by atoms with E-state index in [1.165, 1.54) is 50.5 Å². The predicted molar refractivity (Wildman–Crippen MR) is 257 cm³/mol. The standard InChI is InChI=1S/C52H69N3O9S/c1-4-7-8-11-29-55(52-54-46-13-9-10-14-48(46)65-52)53-37-43-36-42(39-17-15-38(12-5-2)16-18-39)23-28-47(43)64-51(58)41-21-19-40(20-22-41)50(57)63-45-26-24-44(25-27-45)61-34-32-59-30-31-60-33-35-62-49(56)6-3/h6,9-10,13-14,23-28,36-41,50,57H,3-5,7-8,11-12,15-22,29-35H2,1-2H3/b53-37+. The topological polar surface area (TPSA) is 138 Å². The Balaban J connectivity index is 1.01. The van der Waals surface area contributed by atoms with E-state index in [4.69, 9.17) is 38.5 Å². The van der Waals surface area contributed by atoms with Gasteiger partial charge in [-0.25, -0.2) is 14.8 Å². The number of aliphatic hydroxyl groups excluding tert-OH is 1. The number of benzene rings is 3. The first-order valence-electron chi connectivity index (χ1n) is 23.9. The summed E-state index contributed by atoms with van der Waals surface area (Å²) in [7, 11) is 0. The molecule has 4 aromatic rings. The number of carbonyl (C=O) groups is 2. The zero-order valence-electron chi connectivity index (χ0n) is 38.4. The smallest absolute Gasteiger partial charge is 0.330 e. The summed E-state index contributed by atoms with van der Waals surface area (Å²) in [6.45, 7) is 10.6. The molecule has 65 heavy (non-hydrogen) atoms. The number of thiazole rings is 1. The Bertz CT molecular complexity index is 2040. The number of esters is 2. The second-order valence-corrected chi connectivity index (χ2v) is 18.2. The molecule has 13 heteroatoms. The van der Waals surface area contributed by atoms with Crippen molar-refractivity contribution in [1.82, 2.24) is 4.98 Å². The minimum absolute atomic E-state index is 0.113. The van der Waals surface area contributed by atoms with Crippen molar-refractivity contribution in [3.63, 3.8) is 0 Å². The maximum absolute atomic E-state index is 13.8. The molecule has 0 aliphatic heterocycles. The Morgan fingerprint density at radius 1 is 0.846 bits per heavy atom. The third-order valence-corrected chi connectivity index (χ3v) is 13.5. The van der Waals surface area contributed by atoms with Crippen LogP contribution in [0.3, 0.4) is 0 Å². The average Bonchev–Trinajstić information content (AvgIpc) is 3.77. The highest BCUT2D eigenvalue weighted by Gasteiger charge is 2.33. The molecule has 2 fully saturated rings. The number of unbranched alkanes of at least 4 members (excludes halogenated alkanes) is 3. The highest BCUT2D eigenvalue weighted by atomic mass is 32.1. The summed E-state index contributed by atoms with van der Waals surface area (Å²) in [6.07, 6.45) is 16.3. The number of anilines is 1. The highest BCUT2D eigenvalue weighted by Crippen LogP contribution is 2.39. The van der Waals surface area contributed by atoms with Crippen molar-refractivity contribution in [3.8, 4) is 17.2 Å². The van der Waals surface area contributed by atoms with E-state index in [0.717, 1.165) is 58.7 Å². The highest BCUT2D eigenvalue weighted by molar-refractivity contribution is 7.22. The fourth-order valence-corrected chi connectivity index (χ4v) is 9.63. The van der Waals surface area contributed by atoms with Crippen LogP contribution in [0.25, 0.3) is 10.2 Å². The number of nitrogens with zero attached hydrogens (tertiary/aromatic N) is 3. The monoisotopic (exact) mass is 911 g/mol. The molecular formula is C52H69N3O9S. The zero-order valence-corrected chi connectivity index (χ0v) is 39.2. The molecule has 0 saturated heterocycles. The van der Waals surface area contributed by atoms with Gasteiger partial charge in [0, 0.05) is 24.1 Å². The van der Waals surface area contributed by atoms with Crippen LogP contribution >= 0.6 is 11.3 Å². The van der Waals surface area contributed by atoms with E-state index in [2.05, 4.69) is 38.6 Å². The number of hydrogen-bond acceptors (Lipinski definition) is 13. The molecule has 2 aliphatic rings. The quantitative estimate of drug-likeness (QED) is 0.0116. The molecule has 0 bridgehead atoms. The summed E-state index contributed by atoms with van der Waals surface area (Å²) < 4.78 is 34.8. The number of aliphatic hydroxyl groups is 1. The summed E-state index contributed by atoms with van der Waals surface area (Å²) >= 11 is 1.65. The predicted octanol–water partition coefficient (Wildman–Crippen LogP) is 11.0. The van der Waals surface area contributed by atoms with Gasteiger partial charge >= 0.3 is 11.9 Å². The van der Waals surface area contributed by atoms with E-state index in [1.807, 2.05) is 35.5 Å². The number of rotatable bonds is 27. The fraction of sp³-hybridized carbons (Fsp3) is 0.538. The SMILES string of the molecule is C=CC(=O)OCCOCCOCCOc1ccc(OC(O)C2CCC(C(=O)Oc3ccc(C4CCC(CCC)CC4)cc3/C=N/N(CCCCCC)c3nc4ccccc4s3)CC2)cc1. The van der Waals surface area contributed by atoms with Gasteiger partial charge in [0.25, 0.3) is 0 Å². The molecule has 0 radical (unpaired) electrons. The van der Waals surface area contributed by atoms with E-state index in [0.29, 0.717) is 75.3 Å². The largest absolute Gasteiger partial charge is 0.491 e. The lowest BCUT2D eigenvalue weighted by Gasteiger charge is -2.30. The van der Waals surface area contributed by atoms with Crippen LogP contribution in [-0.4, -0.2) is 80.7 Å². The lowest BCUT2D eigenvalue weighted by Crippen LogP contribution is -2.33. The Morgan fingerprint density at radius 3 is 2.29 bits per heavy atom.